The van der Waals surface area contributed by atoms with E-state index in [0.717, 1.165) is 4.90 Å². The number of aromatic nitrogens is 3. The van der Waals surface area contributed by atoms with Crippen LogP contribution in [0.15, 0.2) is 18.2 Å². The number of hydrogen-bond acceptors (Lipinski definition) is 4. The summed E-state index contributed by atoms with van der Waals surface area (Å²) >= 11 is 0. The van der Waals surface area contributed by atoms with Crippen molar-refractivity contribution < 1.29 is 14.7 Å². The molecule has 0 saturated heterocycles. The molecule has 0 aliphatic carbocycles. The molecular formula is C12H10N4O3. The van der Waals surface area contributed by atoms with Crippen LogP contribution in [0.25, 0.3) is 11.0 Å². The minimum Gasteiger partial charge on any atom is -0.480 e. The van der Waals surface area contributed by atoms with E-state index in [2.05, 4.69) is 21.3 Å². The topological polar surface area (TPSA) is 99.2 Å². The predicted molar refractivity (Wildman–Crippen MR) is 66.3 cm³/mol. The molecule has 0 fully saturated rings. The summed E-state index contributed by atoms with van der Waals surface area (Å²) in [6.07, 6.45) is 5.13. The van der Waals surface area contributed by atoms with Crippen molar-refractivity contribution in [1.82, 2.24) is 20.3 Å². The summed E-state index contributed by atoms with van der Waals surface area (Å²) in [5.41, 5.74) is 1.47. The van der Waals surface area contributed by atoms with Crippen molar-refractivity contribution in [2.45, 2.75) is 0 Å². The van der Waals surface area contributed by atoms with E-state index in [4.69, 9.17) is 11.5 Å². The fourth-order valence-electron chi connectivity index (χ4n) is 1.63. The Balaban J connectivity index is 2.29. The molecule has 0 unspecified atom stereocenters. The van der Waals surface area contributed by atoms with Crippen molar-refractivity contribution in [2.24, 2.45) is 0 Å². The number of terminal acetylenes is 1. The fourth-order valence-corrected chi connectivity index (χ4v) is 1.63. The number of carbonyl (C=O) groups is 2. The molecule has 0 aliphatic rings. The molecule has 96 valence electrons. The number of carboxylic acid groups (broad SMARTS) is 1. The lowest BCUT2D eigenvalue weighted by atomic mass is 10.1. The Labute approximate surface area is 108 Å². The molecule has 0 saturated carbocycles. The molecule has 0 aliphatic heterocycles. The number of H-pyrrole nitrogens is 1. The van der Waals surface area contributed by atoms with Crippen molar-refractivity contribution in [3.63, 3.8) is 0 Å². The van der Waals surface area contributed by atoms with Crippen LogP contribution in [0.2, 0.25) is 0 Å². The zero-order valence-electron chi connectivity index (χ0n) is 9.83. The first-order valence-corrected chi connectivity index (χ1v) is 5.37. The molecule has 1 aromatic heterocycles. The highest BCUT2D eigenvalue weighted by Crippen LogP contribution is 2.12. The first-order chi connectivity index (χ1) is 9.11. The molecule has 0 radical (unpaired) electrons. The van der Waals surface area contributed by atoms with Crippen LogP contribution >= 0.6 is 0 Å². The highest BCUT2D eigenvalue weighted by Gasteiger charge is 2.18. The molecule has 1 heterocycles. The fraction of sp³-hybridized carbons (Fsp3) is 0.167. The Morgan fingerprint density at radius 1 is 1.37 bits per heavy atom. The zero-order chi connectivity index (χ0) is 13.8. The van der Waals surface area contributed by atoms with E-state index in [0.29, 0.717) is 16.6 Å². The molecule has 1 amide bonds. The van der Waals surface area contributed by atoms with Gasteiger partial charge in [-0.15, -0.1) is 6.42 Å². The van der Waals surface area contributed by atoms with Crippen LogP contribution in [0.5, 0.6) is 0 Å². The number of carbonyl (C=O) groups excluding carboxylic acids is 1. The van der Waals surface area contributed by atoms with Gasteiger partial charge in [-0.3, -0.25) is 9.59 Å². The maximum absolute atomic E-state index is 12.1. The van der Waals surface area contributed by atoms with E-state index in [1.807, 2.05) is 0 Å². The molecular weight excluding hydrogens is 248 g/mol. The average molecular weight is 258 g/mol. The van der Waals surface area contributed by atoms with Gasteiger partial charge < -0.3 is 10.0 Å². The monoisotopic (exact) mass is 258 g/mol. The summed E-state index contributed by atoms with van der Waals surface area (Å²) < 4.78 is 0. The Kier molecular flexibility index (Phi) is 3.43. The van der Waals surface area contributed by atoms with Crippen LogP contribution in [0, 0.1) is 12.3 Å². The summed E-state index contributed by atoms with van der Waals surface area (Å²) in [7, 11) is 0. The predicted octanol–water partition coefficient (Wildman–Crippen LogP) is 0.118. The molecule has 1 aromatic carbocycles. The molecule has 0 spiro atoms. The smallest absolute Gasteiger partial charge is 0.323 e. The van der Waals surface area contributed by atoms with Gasteiger partial charge in [-0.2, -0.15) is 15.4 Å². The molecule has 2 aromatic rings. The van der Waals surface area contributed by atoms with Gasteiger partial charge in [0.15, 0.2) is 0 Å². The first-order valence-electron chi connectivity index (χ1n) is 5.37. The van der Waals surface area contributed by atoms with Crippen molar-refractivity contribution >= 4 is 22.9 Å². The van der Waals surface area contributed by atoms with E-state index in [-0.39, 0.29) is 6.54 Å². The third kappa shape index (κ3) is 2.69. The summed E-state index contributed by atoms with van der Waals surface area (Å²) in [6, 6.07) is 4.71. The highest BCUT2D eigenvalue weighted by molar-refractivity contribution is 5.98. The van der Waals surface area contributed by atoms with E-state index >= 15 is 0 Å². The lowest BCUT2D eigenvalue weighted by Gasteiger charge is -2.17. The largest absolute Gasteiger partial charge is 0.480 e. The Hall–Kier alpha value is -2.88. The number of nitrogens with zero attached hydrogens (tertiary/aromatic N) is 3. The molecule has 2 N–H and O–H groups in total. The van der Waals surface area contributed by atoms with Crippen molar-refractivity contribution in [3.05, 3.63) is 23.8 Å². The maximum Gasteiger partial charge on any atom is 0.323 e. The lowest BCUT2D eigenvalue weighted by Crippen LogP contribution is -2.35. The molecule has 0 atom stereocenters. The molecule has 0 bridgehead atoms. The molecule has 19 heavy (non-hydrogen) atoms. The summed E-state index contributed by atoms with van der Waals surface area (Å²) in [6.45, 7) is -0.512. The van der Waals surface area contributed by atoms with Crippen molar-refractivity contribution in [1.29, 1.82) is 0 Å². The van der Waals surface area contributed by atoms with Gasteiger partial charge in [-0.25, -0.2) is 0 Å². The van der Waals surface area contributed by atoms with Crippen LogP contribution in [0.3, 0.4) is 0 Å². The Morgan fingerprint density at radius 2 is 2.11 bits per heavy atom. The van der Waals surface area contributed by atoms with Gasteiger partial charge in [0.05, 0.1) is 6.54 Å². The molecule has 2 rings (SSSR count). The second-order valence-electron chi connectivity index (χ2n) is 3.79. The number of amides is 1. The third-order valence-corrected chi connectivity index (χ3v) is 2.46. The number of hydrogen-bond donors (Lipinski definition) is 2. The second-order valence-corrected chi connectivity index (χ2v) is 3.79. The second kappa shape index (κ2) is 5.18. The van der Waals surface area contributed by atoms with Gasteiger partial charge in [-0.1, -0.05) is 5.92 Å². The number of carboxylic acids is 1. The van der Waals surface area contributed by atoms with Gasteiger partial charge in [0.25, 0.3) is 5.91 Å². The molecule has 7 heteroatoms. The normalized spacial score (nSPS) is 10.1. The van der Waals surface area contributed by atoms with Crippen LogP contribution < -0.4 is 0 Å². The molecule has 7 nitrogen and oxygen atoms in total. The van der Waals surface area contributed by atoms with Gasteiger partial charge in [0.1, 0.15) is 17.6 Å². The third-order valence-electron chi connectivity index (χ3n) is 2.46. The Bertz CT molecular complexity index is 671. The maximum atomic E-state index is 12.1. The van der Waals surface area contributed by atoms with Gasteiger partial charge in [-0.05, 0) is 18.2 Å². The van der Waals surface area contributed by atoms with E-state index in [1.165, 1.54) is 6.07 Å². The SMILES string of the molecule is C#CCN(CC(=O)O)C(=O)c1ccc2n[nH]nc2c1. The van der Waals surface area contributed by atoms with Crippen LogP contribution in [-0.4, -0.2) is 50.4 Å². The highest BCUT2D eigenvalue weighted by atomic mass is 16.4. The van der Waals surface area contributed by atoms with Crippen LogP contribution in [0.4, 0.5) is 0 Å². The van der Waals surface area contributed by atoms with E-state index < -0.39 is 18.4 Å². The van der Waals surface area contributed by atoms with E-state index in [9.17, 15) is 9.59 Å². The van der Waals surface area contributed by atoms with Crippen LogP contribution in [-0.2, 0) is 4.79 Å². The Morgan fingerprint density at radius 3 is 2.79 bits per heavy atom. The quantitative estimate of drug-likeness (QED) is 0.759. The lowest BCUT2D eigenvalue weighted by molar-refractivity contribution is -0.137. The van der Waals surface area contributed by atoms with Crippen molar-refractivity contribution in [3.8, 4) is 12.3 Å². The summed E-state index contributed by atoms with van der Waals surface area (Å²) in [5.74, 6) is 0.691. The summed E-state index contributed by atoms with van der Waals surface area (Å²) in [4.78, 5) is 23.9. The van der Waals surface area contributed by atoms with Crippen LogP contribution in [0.1, 0.15) is 10.4 Å². The first kappa shape index (κ1) is 12.6. The average Bonchev–Trinajstić information content (AvgIpc) is 2.84. The van der Waals surface area contributed by atoms with Gasteiger partial charge >= 0.3 is 5.97 Å². The number of aliphatic carboxylic acids is 1. The zero-order valence-corrected chi connectivity index (χ0v) is 9.83. The van der Waals surface area contributed by atoms with E-state index in [1.54, 1.807) is 12.1 Å². The summed E-state index contributed by atoms with van der Waals surface area (Å²) in [5, 5.41) is 18.9. The van der Waals surface area contributed by atoms with Crippen molar-refractivity contribution in [2.75, 3.05) is 13.1 Å². The number of aromatic amines is 1. The minimum absolute atomic E-state index is 0.0675. The standard InChI is InChI=1S/C12H10N4O3/c1-2-5-16(7-11(17)18)12(19)8-3-4-9-10(6-8)14-15-13-9/h1,3-4,6H,5,7H2,(H,17,18)(H,13,14,15). The number of rotatable bonds is 4. The minimum atomic E-state index is -1.12. The number of nitrogens with one attached hydrogen (secondary N) is 1. The number of benzene rings is 1. The van der Waals surface area contributed by atoms with Gasteiger partial charge in [0.2, 0.25) is 0 Å². The number of fused-ring (bicyclic) bond motifs is 1. The van der Waals surface area contributed by atoms with Gasteiger partial charge in [0, 0.05) is 5.56 Å².